The molecular weight excluding hydrogens is 473 g/mol. The molecule has 0 spiro atoms. The van der Waals surface area contributed by atoms with Crippen molar-refractivity contribution in [1.82, 2.24) is 4.57 Å². The smallest absolute Gasteiger partial charge is 0.0568 e. The van der Waals surface area contributed by atoms with E-state index in [-0.39, 0.29) is 0 Å². The minimum absolute atomic E-state index is 1.19. The minimum Gasteiger partial charge on any atom is -0.343 e. The van der Waals surface area contributed by atoms with Crippen molar-refractivity contribution in [2.45, 2.75) is 0 Å². The second kappa shape index (κ2) is 9.39. The van der Waals surface area contributed by atoms with Gasteiger partial charge >= 0.3 is 0 Å². The SMILES string of the molecule is Cn1c(-c2ccc(P(=S)(c3ccccc3)c3ccccc3)cc2)c(-c2ccccc2)c2ccccc21. The molecule has 174 valence electrons. The van der Waals surface area contributed by atoms with E-state index in [0.717, 1.165) is 0 Å². The fraction of sp³-hybridized carbons (Fsp3) is 0.0303. The molecule has 0 saturated heterocycles. The Labute approximate surface area is 217 Å². The highest BCUT2D eigenvalue weighted by atomic mass is 32.4. The second-order valence-corrected chi connectivity index (χ2v) is 13.4. The van der Waals surface area contributed by atoms with Crippen LogP contribution in [0.15, 0.2) is 140 Å². The molecule has 0 unspecified atom stereocenters. The van der Waals surface area contributed by atoms with E-state index in [2.05, 4.69) is 151 Å². The minimum atomic E-state index is -2.17. The average Bonchev–Trinajstić information content (AvgIpc) is 3.26. The van der Waals surface area contributed by atoms with E-state index in [0.29, 0.717) is 0 Å². The first-order chi connectivity index (χ1) is 17.7. The van der Waals surface area contributed by atoms with Gasteiger partial charge in [0.25, 0.3) is 0 Å². The first-order valence-electron chi connectivity index (χ1n) is 12.1. The molecule has 0 bridgehead atoms. The second-order valence-electron chi connectivity index (χ2n) is 8.99. The Morgan fingerprint density at radius 1 is 0.500 bits per heavy atom. The Morgan fingerprint density at radius 2 is 0.972 bits per heavy atom. The number of nitrogens with zero attached hydrogens (tertiary/aromatic N) is 1. The van der Waals surface area contributed by atoms with Crippen LogP contribution in [0.2, 0.25) is 0 Å². The van der Waals surface area contributed by atoms with Gasteiger partial charge in [-0.2, -0.15) is 0 Å². The summed E-state index contributed by atoms with van der Waals surface area (Å²) in [5, 5.41) is 4.91. The van der Waals surface area contributed by atoms with Gasteiger partial charge in [0.1, 0.15) is 0 Å². The number of aromatic nitrogens is 1. The number of rotatable bonds is 5. The standard InChI is InChI=1S/C33H26NPS/c1-34-31-20-12-11-19-30(31)32(25-13-5-2-6-14-25)33(34)26-21-23-29(24-22-26)35(36,27-15-7-3-8-16-27)28-17-9-4-10-18-28/h2-24H,1H3. The molecule has 6 rings (SSSR count). The molecule has 0 amide bonds. The van der Waals surface area contributed by atoms with Crippen LogP contribution in [0.1, 0.15) is 0 Å². The zero-order valence-corrected chi connectivity index (χ0v) is 21.8. The zero-order chi connectivity index (χ0) is 24.5. The number of hydrogen-bond donors (Lipinski definition) is 0. The third kappa shape index (κ3) is 3.75. The normalized spacial score (nSPS) is 11.6. The van der Waals surface area contributed by atoms with E-state index in [1.54, 1.807) is 0 Å². The predicted molar refractivity (Wildman–Crippen MR) is 160 cm³/mol. The lowest BCUT2D eigenvalue weighted by Gasteiger charge is -2.24. The van der Waals surface area contributed by atoms with Crippen molar-refractivity contribution in [3.63, 3.8) is 0 Å². The fourth-order valence-electron chi connectivity index (χ4n) is 5.18. The van der Waals surface area contributed by atoms with Crippen LogP contribution in [0.5, 0.6) is 0 Å². The van der Waals surface area contributed by atoms with Gasteiger partial charge in [-0.3, -0.25) is 0 Å². The van der Waals surface area contributed by atoms with Gasteiger partial charge < -0.3 is 4.57 Å². The van der Waals surface area contributed by atoms with Crippen LogP contribution in [0.4, 0.5) is 0 Å². The fourth-order valence-corrected chi connectivity index (χ4v) is 8.92. The van der Waals surface area contributed by atoms with Crippen LogP contribution in [-0.4, -0.2) is 4.57 Å². The Kier molecular flexibility index (Phi) is 5.93. The molecule has 36 heavy (non-hydrogen) atoms. The molecule has 1 aromatic heterocycles. The van der Waals surface area contributed by atoms with Crippen molar-refractivity contribution in [1.29, 1.82) is 0 Å². The van der Waals surface area contributed by atoms with Gasteiger partial charge in [-0.15, -0.1) is 0 Å². The summed E-state index contributed by atoms with van der Waals surface area (Å²) in [6.45, 7) is 0. The van der Waals surface area contributed by atoms with Crippen LogP contribution in [-0.2, 0) is 18.9 Å². The van der Waals surface area contributed by atoms with E-state index in [1.165, 1.54) is 49.2 Å². The van der Waals surface area contributed by atoms with Crippen molar-refractivity contribution in [3.05, 3.63) is 140 Å². The summed E-state index contributed by atoms with van der Waals surface area (Å²) in [5.41, 5.74) is 6.15. The van der Waals surface area contributed by atoms with Crippen LogP contribution in [0.25, 0.3) is 33.3 Å². The van der Waals surface area contributed by atoms with Gasteiger partial charge in [0.15, 0.2) is 0 Å². The molecule has 5 aromatic carbocycles. The van der Waals surface area contributed by atoms with Gasteiger partial charge in [-0.25, -0.2) is 0 Å². The highest BCUT2D eigenvalue weighted by molar-refractivity contribution is 8.25. The van der Waals surface area contributed by atoms with Crippen molar-refractivity contribution in [2.75, 3.05) is 0 Å². The molecule has 1 nitrogen and oxygen atoms in total. The monoisotopic (exact) mass is 499 g/mol. The molecule has 0 radical (unpaired) electrons. The summed E-state index contributed by atoms with van der Waals surface area (Å²) in [7, 11) is 2.16. The van der Waals surface area contributed by atoms with Gasteiger partial charge in [-0.05, 0) is 33.1 Å². The number of para-hydroxylation sites is 1. The molecule has 0 fully saturated rings. The van der Waals surface area contributed by atoms with E-state index in [1.807, 2.05) is 0 Å². The quantitative estimate of drug-likeness (QED) is 0.226. The van der Waals surface area contributed by atoms with Crippen molar-refractivity contribution >= 4 is 44.7 Å². The van der Waals surface area contributed by atoms with Crippen molar-refractivity contribution in [2.24, 2.45) is 7.05 Å². The molecule has 6 aromatic rings. The van der Waals surface area contributed by atoms with Crippen LogP contribution >= 0.6 is 6.04 Å². The lowest BCUT2D eigenvalue weighted by atomic mass is 9.98. The molecule has 0 atom stereocenters. The van der Waals surface area contributed by atoms with Gasteiger partial charge in [-0.1, -0.05) is 145 Å². The van der Waals surface area contributed by atoms with Crippen LogP contribution in [0, 0.1) is 0 Å². The molecule has 0 N–H and O–H groups in total. The van der Waals surface area contributed by atoms with E-state index < -0.39 is 6.04 Å². The summed E-state index contributed by atoms with van der Waals surface area (Å²) in [6.07, 6.45) is 0. The molecule has 0 saturated carbocycles. The maximum Gasteiger partial charge on any atom is 0.0568 e. The summed E-state index contributed by atoms with van der Waals surface area (Å²) >= 11 is 6.55. The zero-order valence-electron chi connectivity index (χ0n) is 20.1. The molecule has 0 aliphatic heterocycles. The van der Waals surface area contributed by atoms with Crippen LogP contribution in [0.3, 0.4) is 0 Å². The first-order valence-corrected chi connectivity index (χ1v) is 14.9. The Morgan fingerprint density at radius 3 is 1.56 bits per heavy atom. The van der Waals surface area contributed by atoms with Gasteiger partial charge in [0.05, 0.1) is 5.69 Å². The Bertz CT molecular complexity index is 1640. The third-order valence-corrected chi connectivity index (χ3v) is 11.9. The maximum absolute atomic E-state index is 6.55. The largest absolute Gasteiger partial charge is 0.343 e. The predicted octanol–water partition coefficient (Wildman–Crippen LogP) is 7.27. The van der Waals surface area contributed by atoms with Gasteiger partial charge in [0.2, 0.25) is 0 Å². The van der Waals surface area contributed by atoms with Crippen LogP contribution < -0.4 is 15.9 Å². The summed E-state index contributed by atoms with van der Waals surface area (Å²) < 4.78 is 2.32. The first kappa shape index (κ1) is 22.7. The van der Waals surface area contributed by atoms with Crippen molar-refractivity contribution in [3.8, 4) is 22.4 Å². The molecule has 0 aliphatic carbocycles. The third-order valence-electron chi connectivity index (χ3n) is 6.91. The Hall–Kier alpha value is -3.71. The lowest BCUT2D eigenvalue weighted by Crippen LogP contribution is -2.24. The van der Waals surface area contributed by atoms with Crippen molar-refractivity contribution < 1.29 is 0 Å². The lowest BCUT2D eigenvalue weighted by molar-refractivity contribution is 0.979. The van der Waals surface area contributed by atoms with E-state index in [9.17, 15) is 0 Å². The van der Waals surface area contributed by atoms with E-state index in [4.69, 9.17) is 11.8 Å². The topological polar surface area (TPSA) is 4.93 Å². The van der Waals surface area contributed by atoms with E-state index >= 15 is 0 Å². The number of benzene rings is 5. The molecular formula is C33H26NPS. The number of fused-ring (bicyclic) bond motifs is 1. The summed E-state index contributed by atoms with van der Waals surface area (Å²) in [6, 6.07) is 47.4. The number of hydrogen-bond acceptors (Lipinski definition) is 1. The molecule has 0 aliphatic rings. The average molecular weight is 500 g/mol. The Balaban J connectivity index is 1.54. The van der Waals surface area contributed by atoms with Gasteiger partial charge in [0, 0.05) is 29.6 Å². The number of aryl methyl sites for hydroxylation is 1. The highest BCUT2D eigenvalue weighted by Crippen LogP contribution is 2.44. The highest BCUT2D eigenvalue weighted by Gasteiger charge is 2.25. The molecule has 1 heterocycles. The summed E-state index contributed by atoms with van der Waals surface area (Å²) in [4.78, 5) is 0. The molecule has 3 heteroatoms. The maximum atomic E-state index is 6.55. The summed E-state index contributed by atoms with van der Waals surface area (Å²) in [5.74, 6) is 0.